The Morgan fingerprint density at radius 2 is 1.75 bits per heavy atom. The van der Waals surface area contributed by atoms with Crippen molar-refractivity contribution in [3.05, 3.63) is 59.5 Å². The summed E-state index contributed by atoms with van der Waals surface area (Å²) in [5.74, 6) is -1.57. The first kappa shape index (κ1) is 19.9. The van der Waals surface area contributed by atoms with Crippen LogP contribution in [0.25, 0.3) is 10.1 Å². The van der Waals surface area contributed by atoms with E-state index in [-0.39, 0.29) is 6.54 Å². The van der Waals surface area contributed by atoms with E-state index in [0.717, 1.165) is 20.7 Å². The molecule has 7 heteroatoms. The van der Waals surface area contributed by atoms with Crippen LogP contribution in [-0.4, -0.2) is 37.6 Å². The lowest BCUT2D eigenvalue weighted by molar-refractivity contribution is -0.136. The molecule has 2 aromatic carbocycles. The van der Waals surface area contributed by atoms with Crippen LogP contribution in [0.3, 0.4) is 0 Å². The second kappa shape index (κ2) is 8.00. The van der Waals surface area contributed by atoms with Gasteiger partial charge in [0, 0.05) is 35.0 Å². The average Bonchev–Trinajstić information content (AvgIpc) is 3.12. The van der Waals surface area contributed by atoms with E-state index in [0.29, 0.717) is 5.69 Å². The molecule has 1 unspecified atom stereocenters. The molecule has 2 amide bonds. The third-order valence-electron chi connectivity index (χ3n) is 4.40. The lowest BCUT2D eigenvalue weighted by Crippen LogP contribution is -2.42. The molecule has 0 bridgehead atoms. The number of benzene rings is 2. The number of carbonyl (C=O) groups is 2. The number of carbonyl (C=O) groups excluding carboxylic acids is 2. The van der Waals surface area contributed by atoms with Crippen LogP contribution in [0.5, 0.6) is 0 Å². The molecule has 0 radical (unpaired) electrons. The van der Waals surface area contributed by atoms with E-state index in [1.165, 1.54) is 11.3 Å². The first-order valence-electron chi connectivity index (χ1n) is 8.84. The van der Waals surface area contributed by atoms with E-state index in [9.17, 15) is 14.7 Å². The monoisotopic (exact) mass is 397 g/mol. The molecule has 0 saturated heterocycles. The number of anilines is 2. The second-order valence-corrected chi connectivity index (χ2v) is 8.08. The number of fused-ring (bicyclic) bond motifs is 1. The van der Waals surface area contributed by atoms with Gasteiger partial charge in [-0.15, -0.1) is 11.3 Å². The largest absolute Gasteiger partial charge is 0.383 e. The highest BCUT2D eigenvalue weighted by molar-refractivity contribution is 7.19. The SMILES string of the molecule is CN(C)c1ccc(NC(=O)C(=O)NCC(C)(O)c2cc3ccccc3s2)cc1. The fourth-order valence-corrected chi connectivity index (χ4v) is 3.80. The molecule has 0 fully saturated rings. The smallest absolute Gasteiger partial charge is 0.313 e. The van der Waals surface area contributed by atoms with Gasteiger partial charge in [-0.3, -0.25) is 9.59 Å². The zero-order valence-electron chi connectivity index (χ0n) is 16.0. The summed E-state index contributed by atoms with van der Waals surface area (Å²) in [6.07, 6.45) is 0. The molecular formula is C21H23N3O3S. The first-order chi connectivity index (χ1) is 13.3. The highest BCUT2D eigenvalue weighted by Crippen LogP contribution is 2.32. The normalized spacial score (nSPS) is 13.0. The van der Waals surface area contributed by atoms with Gasteiger partial charge in [-0.05, 0) is 48.7 Å². The van der Waals surface area contributed by atoms with Crippen LogP contribution in [0, 0.1) is 0 Å². The predicted octanol–water partition coefficient (Wildman–Crippen LogP) is 2.93. The summed E-state index contributed by atoms with van der Waals surface area (Å²) in [4.78, 5) is 26.9. The van der Waals surface area contributed by atoms with Crippen molar-refractivity contribution in [1.29, 1.82) is 0 Å². The molecule has 0 spiro atoms. The van der Waals surface area contributed by atoms with Crippen LogP contribution in [0.4, 0.5) is 11.4 Å². The molecule has 3 N–H and O–H groups in total. The predicted molar refractivity (Wildman–Crippen MR) is 114 cm³/mol. The molecule has 0 aliphatic carbocycles. The maximum absolute atomic E-state index is 12.1. The number of amides is 2. The van der Waals surface area contributed by atoms with Crippen molar-refractivity contribution in [2.24, 2.45) is 0 Å². The summed E-state index contributed by atoms with van der Waals surface area (Å²) in [6.45, 7) is 1.56. The maximum Gasteiger partial charge on any atom is 0.313 e. The Bertz CT molecular complexity index is 961. The summed E-state index contributed by atoms with van der Waals surface area (Å²) in [5.41, 5.74) is 0.247. The van der Waals surface area contributed by atoms with Gasteiger partial charge in [0.15, 0.2) is 0 Å². The molecule has 0 aliphatic heterocycles. The first-order valence-corrected chi connectivity index (χ1v) is 9.66. The molecular weight excluding hydrogens is 374 g/mol. The van der Waals surface area contributed by atoms with Gasteiger partial charge < -0.3 is 20.6 Å². The van der Waals surface area contributed by atoms with Crippen LogP contribution < -0.4 is 15.5 Å². The third kappa shape index (κ3) is 4.49. The van der Waals surface area contributed by atoms with E-state index in [4.69, 9.17) is 0 Å². The summed E-state index contributed by atoms with van der Waals surface area (Å²) in [5, 5.41) is 16.9. The van der Waals surface area contributed by atoms with Gasteiger partial charge in [0.2, 0.25) is 0 Å². The zero-order valence-corrected chi connectivity index (χ0v) is 16.8. The maximum atomic E-state index is 12.1. The van der Waals surface area contributed by atoms with Gasteiger partial charge in [0.05, 0.1) is 6.54 Å². The van der Waals surface area contributed by atoms with Crippen LogP contribution >= 0.6 is 11.3 Å². The lowest BCUT2D eigenvalue weighted by Gasteiger charge is -2.22. The van der Waals surface area contributed by atoms with E-state index in [1.54, 1.807) is 19.1 Å². The Labute approximate surface area is 167 Å². The highest BCUT2D eigenvalue weighted by atomic mass is 32.1. The minimum atomic E-state index is -1.27. The summed E-state index contributed by atoms with van der Waals surface area (Å²) < 4.78 is 1.06. The number of rotatable bonds is 5. The van der Waals surface area contributed by atoms with Crippen molar-refractivity contribution in [3.63, 3.8) is 0 Å². The molecule has 28 heavy (non-hydrogen) atoms. The second-order valence-electron chi connectivity index (χ2n) is 7.00. The van der Waals surface area contributed by atoms with Gasteiger partial charge >= 0.3 is 11.8 Å². The fourth-order valence-electron chi connectivity index (χ4n) is 2.70. The Kier molecular flexibility index (Phi) is 5.67. The van der Waals surface area contributed by atoms with Crippen molar-refractivity contribution in [3.8, 4) is 0 Å². The van der Waals surface area contributed by atoms with Crippen molar-refractivity contribution in [2.45, 2.75) is 12.5 Å². The van der Waals surface area contributed by atoms with Gasteiger partial charge in [0.25, 0.3) is 0 Å². The zero-order chi connectivity index (χ0) is 20.3. The molecule has 6 nitrogen and oxygen atoms in total. The van der Waals surface area contributed by atoms with E-state index in [1.807, 2.05) is 61.5 Å². The van der Waals surface area contributed by atoms with E-state index >= 15 is 0 Å². The Balaban J connectivity index is 1.59. The standard InChI is InChI=1S/C21H23N3O3S/c1-21(27,18-12-14-6-4-5-7-17(14)28-18)13-22-19(25)20(26)23-15-8-10-16(11-9-15)24(2)3/h4-12,27H,13H2,1-3H3,(H,22,25)(H,23,26). The lowest BCUT2D eigenvalue weighted by atomic mass is 10.0. The topological polar surface area (TPSA) is 81.7 Å². The molecule has 0 aliphatic rings. The third-order valence-corrected chi connectivity index (χ3v) is 5.77. The minimum Gasteiger partial charge on any atom is -0.383 e. The van der Waals surface area contributed by atoms with Crippen molar-refractivity contribution in [1.82, 2.24) is 5.32 Å². The number of nitrogens with one attached hydrogen (secondary N) is 2. The highest BCUT2D eigenvalue weighted by Gasteiger charge is 2.27. The molecule has 1 aromatic heterocycles. The van der Waals surface area contributed by atoms with Crippen molar-refractivity contribution >= 4 is 44.6 Å². The molecule has 3 aromatic rings. The molecule has 1 atom stereocenters. The quantitative estimate of drug-likeness (QED) is 0.578. The molecule has 1 heterocycles. The summed E-state index contributed by atoms with van der Waals surface area (Å²) in [6, 6.07) is 16.9. The molecule has 0 saturated carbocycles. The fraction of sp³-hybridized carbons (Fsp3) is 0.238. The number of hydrogen-bond donors (Lipinski definition) is 3. The van der Waals surface area contributed by atoms with Gasteiger partial charge in [0.1, 0.15) is 5.60 Å². The van der Waals surface area contributed by atoms with Gasteiger partial charge in [-0.2, -0.15) is 0 Å². The summed E-state index contributed by atoms with van der Waals surface area (Å²) >= 11 is 1.46. The number of aliphatic hydroxyl groups is 1. The number of nitrogens with zero attached hydrogens (tertiary/aromatic N) is 1. The van der Waals surface area contributed by atoms with Gasteiger partial charge in [-0.1, -0.05) is 18.2 Å². The van der Waals surface area contributed by atoms with Gasteiger partial charge in [-0.25, -0.2) is 0 Å². The Hall–Kier alpha value is -2.90. The van der Waals surface area contributed by atoms with Crippen molar-refractivity contribution in [2.75, 3.05) is 30.9 Å². The van der Waals surface area contributed by atoms with Crippen LogP contribution in [0.1, 0.15) is 11.8 Å². The minimum absolute atomic E-state index is 0.0638. The number of thiophene rings is 1. The van der Waals surface area contributed by atoms with E-state index in [2.05, 4.69) is 10.6 Å². The van der Waals surface area contributed by atoms with Crippen LogP contribution in [-0.2, 0) is 15.2 Å². The Morgan fingerprint density at radius 1 is 1.07 bits per heavy atom. The summed E-state index contributed by atoms with van der Waals surface area (Å²) in [7, 11) is 3.84. The van der Waals surface area contributed by atoms with Crippen molar-refractivity contribution < 1.29 is 14.7 Å². The Morgan fingerprint density at radius 3 is 2.39 bits per heavy atom. The van der Waals surface area contributed by atoms with Crippen LogP contribution in [0.2, 0.25) is 0 Å². The van der Waals surface area contributed by atoms with Crippen LogP contribution in [0.15, 0.2) is 54.6 Å². The number of hydrogen-bond acceptors (Lipinski definition) is 5. The average molecular weight is 398 g/mol. The molecule has 3 rings (SSSR count). The van der Waals surface area contributed by atoms with E-state index < -0.39 is 17.4 Å². The molecule has 146 valence electrons.